The molecule has 0 aliphatic heterocycles. The van der Waals surface area contributed by atoms with E-state index in [1.807, 2.05) is 0 Å². The van der Waals surface area contributed by atoms with Crippen molar-refractivity contribution in [2.75, 3.05) is 0 Å². The highest BCUT2D eigenvalue weighted by molar-refractivity contribution is 9.10. The van der Waals surface area contributed by atoms with E-state index in [9.17, 15) is 9.59 Å². The van der Waals surface area contributed by atoms with Gasteiger partial charge in [-0.25, -0.2) is 9.50 Å². The predicted molar refractivity (Wildman–Crippen MR) is 54.9 cm³/mol. The quantitative estimate of drug-likeness (QED) is 0.829. The lowest BCUT2D eigenvalue weighted by Crippen LogP contribution is -2.09. The first-order chi connectivity index (χ1) is 7.08. The van der Waals surface area contributed by atoms with Gasteiger partial charge in [0.1, 0.15) is 4.60 Å². The fourth-order valence-electron chi connectivity index (χ4n) is 1.24. The second-order valence-corrected chi connectivity index (χ2v) is 3.67. The molecule has 0 atom stereocenters. The van der Waals surface area contributed by atoms with Gasteiger partial charge in [-0.3, -0.25) is 14.7 Å². The number of aliphatic carboxylic acids is 1. The Morgan fingerprint density at radius 2 is 2.33 bits per heavy atom. The van der Waals surface area contributed by atoms with Crippen molar-refractivity contribution in [1.82, 2.24) is 14.6 Å². The number of fused-ring (bicyclic) bond motifs is 1. The minimum absolute atomic E-state index is 0.190. The molecule has 2 heterocycles. The lowest BCUT2D eigenvalue weighted by molar-refractivity contribution is -0.136. The molecule has 7 heteroatoms. The van der Waals surface area contributed by atoms with Crippen molar-refractivity contribution in [3.8, 4) is 0 Å². The third-order valence-corrected chi connectivity index (χ3v) is 2.65. The minimum Gasteiger partial charge on any atom is -0.481 e. The van der Waals surface area contributed by atoms with Crippen molar-refractivity contribution >= 4 is 27.5 Å². The summed E-state index contributed by atoms with van der Waals surface area (Å²) in [4.78, 5) is 25.6. The molecular formula is C8H6BrN3O3. The van der Waals surface area contributed by atoms with E-state index < -0.39 is 5.97 Å². The maximum absolute atomic E-state index is 11.0. The first-order valence-corrected chi connectivity index (χ1v) is 4.85. The molecule has 0 aromatic carbocycles. The highest BCUT2D eigenvalue weighted by Gasteiger charge is 2.12. The average Bonchev–Trinajstić information content (AvgIpc) is 2.44. The van der Waals surface area contributed by atoms with E-state index in [0.29, 0.717) is 15.9 Å². The fraction of sp³-hybridized carbons (Fsp3) is 0.125. The van der Waals surface area contributed by atoms with Gasteiger partial charge < -0.3 is 5.11 Å². The summed E-state index contributed by atoms with van der Waals surface area (Å²) in [6, 6.07) is 2.86. The standard InChI is InChI=1S/C8H6BrN3O3/c9-8-4(3-7(14)15)10-5-1-2-6(13)11-12(5)8/h1-2H,3H2,(H,11,13)(H,14,15). The van der Waals surface area contributed by atoms with Crippen LogP contribution >= 0.6 is 15.9 Å². The van der Waals surface area contributed by atoms with Crippen LogP contribution in [0, 0.1) is 0 Å². The van der Waals surface area contributed by atoms with Gasteiger partial charge in [-0.2, -0.15) is 0 Å². The molecule has 0 aliphatic carbocycles. The molecule has 2 aromatic heterocycles. The summed E-state index contributed by atoms with van der Waals surface area (Å²) in [6.45, 7) is 0. The maximum atomic E-state index is 11.0. The number of H-pyrrole nitrogens is 1. The molecule has 0 fully saturated rings. The van der Waals surface area contributed by atoms with Crippen LogP contribution in [0.4, 0.5) is 0 Å². The van der Waals surface area contributed by atoms with Gasteiger partial charge in [0.15, 0.2) is 5.65 Å². The summed E-state index contributed by atoms with van der Waals surface area (Å²) >= 11 is 3.18. The number of aromatic amines is 1. The first-order valence-electron chi connectivity index (χ1n) is 4.06. The molecule has 0 amide bonds. The number of rotatable bonds is 2. The molecule has 0 unspecified atom stereocenters. The van der Waals surface area contributed by atoms with Crippen LogP contribution in [0.1, 0.15) is 5.69 Å². The molecule has 2 rings (SSSR count). The van der Waals surface area contributed by atoms with Crippen molar-refractivity contribution in [3.05, 3.63) is 32.8 Å². The van der Waals surface area contributed by atoms with E-state index in [2.05, 4.69) is 26.0 Å². The van der Waals surface area contributed by atoms with E-state index >= 15 is 0 Å². The summed E-state index contributed by atoms with van der Waals surface area (Å²) in [5.74, 6) is -0.971. The normalized spacial score (nSPS) is 10.7. The van der Waals surface area contributed by atoms with Crippen molar-refractivity contribution in [3.63, 3.8) is 0 Å². The summed E-state index contributed by atoms with van der Waals surface area (Å²) < 4.78 is 1.86. The Labute approximate surface area is 91.7 Å². The Hall–Kier alpha value is -1.63. The van der Waals surface area contributed by atoms with E-state index in [-0.39, 0.29) is 12.0 Å². The molecule has 2 N–H and O–H groups in total. The molecule has 0 saturated heterocycles. The number of hydrogen-bond acceptors (Lipinski definition) is 3. The Morgan fingerprint density at radius 3 is 3.00 bits per heavy atom. The summed E-state index contributed by atoms with van der Waals surface area (Å²) in [7, 11) is 0. The third-order valence-electron chi connectivity index (χ3n) is 1.84. The number of carbonyl (C=O) groups is 1. The number of carboxylic acid groups (broad SMARTS) is 1. The number of aromatic nitrogens is 3. The molecule has 6 nitrogen and oxygen atoms in total. The monoisotopic (exact) mass is 271 g/mol. The molecule has 0 spiro atoms. The van der Waals surface area contributed by atoms with E-state index in [1.54, 1.807) is 0 Å². The minimum atomic E-state index is -0.971. The molecule has 15 heavy (non-hydrogen) atoms. The third kappa shape index (κ3) is 1.78. The highest BCUT2D eigenvalue weighted by Crippen LogP contribution is 2.17. The molecule has 0 radical (unpaired) electrons. The summed E-state index contributed by atoms with van der Waals surface area (Å²) in [5, 5.41) is 11.1. The van der Waals surface area contributed by atoms with Gasteiger partial charge in [0.2, 0.25) is 0 Å². The van der Waals surface area contributed by atoms with E-state index in [0.717, 1.165) is 0 Å². The van der Waals surface area contributed by atoms with Gasteiger partial charge in [-0.05, 0) is 22.0 Å². The van der Waals surface area contributed by atoms with Crippen LogP contribution in [-0.4, -0.2) is 25.7 Å². The Bertz CT molecular complexity index is 586. The number of nitrogens with one attached hydrogen (secondary N) is 1. The second kappa shape index (κ2) is 3.50. The van der Waals surface area contributed by atoms with Gasteiger partial charge in [-0.1, -0.05) is 0 Å². The zero-order valence-electron chi connectivity index (χ0n) is 7.40. The number of carboxylic acids is 1. The van der Waals surface area contributed by atoms with Crippen LogP contribution in [0.2, 0.25) is 0 Å². The lowest BCUT2D eigenvalue weighted by Gasteiger charge is -1.93. The maximum Gasteiger partial charge on any atom is 0.309 e. The molecular weight excluding hydrogens is 266 g/mol. The Kier molecular flexibility index (Phi) is 2.31. The van der Waals surface area contributed by atoms with Gasteiger partial charge in [0.25, 0.3) is 5.56 Å². The van der Waals surface area contributed by atoms with Crippen molar-refractivity contribution in [1.29, 1.82) is 0 Å². The van der Waals surface area contributed by atoms with Gasteiger partial charge in [0.05, 0.1) is 12.1 Å². The topological polar surface area (TPSA) is 87.5 Å². The highest BCUT2D eigenvalue weighted by atomic mass is 79.9. The fourth-order valence-corrected chi connectivity index (χ4v) is 1.73. The van der Waals surface area contributed by atoms with Crippen LogP contribution in [0.25, 0.3) is 5.65 Å². The molecule has 2 aromatic rings. The predicted octanol–water partition coefficient (Wildman–Crippen LogP) is 0.412. The van der Waals surface area contributed by atoms with Crippen molar-refractivity contribution < 1.29 is 9.90 Å². The van der Waals surface area contributed by atoms with Crippen LogP contribution in [0.15, 0.2) is 21.5 Å². The van der Waals surface area contributed by atoms with Crippen LogP contribution in [0.3, 0.4) is 0 Å². The molecule has 78 valence electrons. The van der Waals surface area contributed by atoms with Crippen LogP contribution in [0.5, 0.6) is 0 Å². The zero-order chi connectivity index (χ0) is 11.0. The Balaban J connectivity index is 2.64. The van der Waals surface area contributed by atoms with Crippen molar-refractivity contribution in [2.45, 2.75) is 6.42 Å². The van der Waals surface area contributed by atoms with Gasteiger partial charge in [0, 0.05) is 6.07 Å². The lowest BCUT2D eigenvalue weighted by atomic mass is 10.3. The average molecular weight is 272 g/mol. The van der Waals surface area contributed by atoms with E-state index in [1.165, 1.54) is 16.6 Å². The molecule has 0 saturated carbocycles. The summed E-state index contributed by atoms with van der Waals surface area (Å²) in [6.07, 6.45) is -0.190. The number of nitrogens with zero attached hydrogens (tertiary/aromatic N) is 2. The second-order valence-electron chi connectivity index (χ2n) is 2.92. The first kappa shape index (κ1) is 9.91. The van der Waals surface area contributed by atoms with Crippen LogP contribution < -0.4 is 5.56 Å². The van der Waals surface area contributed by atoms with Crippen LogP contribution in [-0.2, 0) is 11.2 Å². The number of halogens is 1. The molecule has 0 aliphatic rings. The van der Waals surface area contributed by atoms with Gasteiger partial charge >= 0.3 is 5.97 Å². The number of imidazole rings is 1. The number of hydrogen-bond donors (Lipinski definition) is 2. The largest absolute Gasteiger partial charge is 0.481 e. The smallest absolute Gasteiger partial charge is 0.309 e. The zero-order valence-corrected chi connectivity index (χ0v) is 8.98. The Morgan fingerprint density at radius 1 is 1.60 bits per heavy atom. The summed E-state index contributed by atoms with van der Waals surface area (Å²) in [5.41, 5.74) is 0.601. The SMILES string of the molecule is O=C(O)Cc1nc2ccc(=O)[nH]n2c1Br. The van der Waals surface area contributed by atoms with Gasteiger partial charge in [-0.15, -0.1) is 0 Å². The van der Waals surface area contributed by atoms with E-state index in [4.69, 9.17) is 5.11 Å². The van der Waals surface area contributed by atoms with Crippen molar-refractivity contribution in [2.24, 2.45) is 0 Å². The molecule has 0 bridgehead atoms.